The Balaban J connectivity index is 0.000000221. The molecule has 1 aliphatic rings. The van der Waals surface area contributed by atoms with Crippen LogP contribution < -0.4 is 4.57 Å². The maximum Gasteiger partial charge on any atom is 0.294 e. The summed E-state index contributed by atoms with van der Waals surface area (Å²) in [6, 6.07) is 34.5. The van der Waals surface area contributed by atoms with E-state index in [1.807, 2.05) is 42.2 Å². The van der Waals surface area contributed by atoms with Crippen LogP contribution in [0, 0.1) is 0 Å². The molecule has 2 aromatic heterocycles. The smallest absolute Gasteiger partial charge is 0.294 e. The van der Waals surface area contributed by atoms with Gasteiger partial charge in [0, 0.05) is 41.7 Å². The molecular weight excluding hydrogens is 548 g/mol. The molecule has 1 aliphatic heterocycles. The largest absolute Gasteiger partial charge is 0.334 e. The lowest BCUT2D eigenvalue weighted by atomic mass is 9.88. The number of rotatable bonds is 5. The van der Waals surface area contributed by atoms with Gasteiger partial charge in [-0.2, -0.15) is 4.57 Å². The molecular formula is C41H47N4+. The molecule has 0 aliphatic carbocycles. The lowest BCUT2D eigenvalue weighted by Crippen LogP contribution is -2.30. The summed E-state index contributed by atoms with van der Waals surface area (Å²) in [5.74, 6) is 3.17. The topological polar surface area (TPSA) is 26.6 Å². The zero-order chi connectivity index (χ0) is 31.9. The number of benzene rings is 4. The van der Waals surface area contributed by atoms with Crippen molar-refractivity contribution in [3.63, 3.8) is 0 Å². The van der Waals surface area contributed by atoms with Gasteiger partial charge in [0.05, 0.1) is 5.56 Å². The Hall–Kier alpha value is -4.70. The van der Waals surface area contributed by atoms with Crippen molar-refractivity contribution in [3.8, 4) is 39.6 Å². The number of aromatic nitrogens is 4. The molecule has 0 unspecified atom stereocenters. The molecule has 0 atom stereocenters. The summed E-state index contributed by atoms with van der Waals surface area (Å²) in [5, 5.41) is 0. The Labute approximate surface area is 269 Å². The van der Waals surface area contributed by atoms with Gasteiger partial charge in [-0.05, 0) is 41.2 Å². The third-order valence-corrected chi connectivity index (χ3v) is 8.11. The average molecular weight is 596 g/mol. The van der Waals surface area contributed by atoms with E-state index in [4.69, 9.17) is 0 Å². The highest BCUT2D eigenvalue weighted by molar-refractivity contribution is 5.72. The van der Waals surface area contributed by atoms with E-state index in [0.29, 0.717) is 11.8 Å². The van der Waals surface area contributed by atoms with Crippen molar-refractivity contribution in [1.29, 1.82) is 0 Å². The number of imidazole rings is 2. The van der Waals surface area contributed by atoms with Gasteiger partial charge < -0.3 is 4.57 Å². The van der Waals surface area contributed by atoms with E-state index < -0.39 is 0 Å². The summed E-state index contributed by atoms with van der Waals surface area (Å²) >= 11 is 0. The predicted molar refractivity (Wildman–Crippen MR) is 189 cm³/mol. The van der Waals surface area contributed by atoms with E-state index in [-0.39, 0.29) is 0 Å². The molecule has 0 fully saturated rings. The molecule has 0 N–H and O–H groups in total. The van der Waals surface area contributed by atoms with Gasteiger partial charge in [0.1, 0.15) is 30.5 Å². The van der Waals surface area contributed by atoms with Crippen LogP contribution >= 0.6 is 0 Å². The Kier molecular flexibility index (Phi) is 10.1. The maximum atomic E-state index is 4.25. The van der Waals surface area contributed by atoms with Gasteiger partial charge in [0.2, 0.25) is 0 Å². The highest BCUT2D eigenvalue weighted by Crippen LogP contribution is 2.38. The Morgan fingerprint density at radius 2 is 1.27 bits per heavy atom. The van der Waals surface area contributed by atoms with E-state index in [2.05, 4.69) is 147 Å². The van der Waals surface area contributed by atoms with Crippen molar-refractivity contribution in [1.82, 2.24) is 14.1 Å². The zero-order valence-corrected chi connectivity index (χ0v) is 27.9. The van der Waals surface area contributed by atoms with Crippen LogP contribution in [0.3, 0.4) is 0 Å². The first kappa shape index (κ1) is 31.7. The normalized spacial score (nSPS) is 11.4. The van der Waals surface area contributed by atoms with Crippen molar-refractivity contribution >= 4 is 0 Å². The van der Waals surface area contributed by atoms with E-state index >= 15 is 0 Å². The van der Waals surface area contributed by atoms with Crippen LogP contribution in [0.4, 0.5) is 0 Å². The number of hydrogen-bond donors (Lipinski definition) is 0. The summed E-state index contributed by atoms with van der Waals surface area (Å²) in [6.07, 6.45) is 9.49. The van der Waals surface area contributed by atoms with E-state index in [1.54, 1.807) is 0 Å². The highest BCUT2D eigenvalue weighted by Gasteiger charge is 2.32. The van der Waals surface area contributed by atoms with Gasteiger partial charge in [-0.15, -0.1) is 0 Å². The Morgan fingerprint density at radius 1 is 0.711 bits per heavy atom. The average Bonchev–Trinajstić information content (AvgIpc) is 3.77. The summed E-state index contributed by atoms with van der Waals surface area (Å²) < 4.78 is 6.82. The standard InChI is InChI=1S/C28H29N2.C10H10N2.C3H8/c1-19(2)25-16-23(21-10-6-5-7-11-21)17-26(20(3)4)27(25)30-15-14-29-18-22-12-8-9-13-24(22)28(29)30;1-12-8-7-11-10(12)9-5-3-2-4-6-9;1-3-2/h5-17,19-20H,18H2,1-4H3;2-8H,1H3;3H2,1-2H3/q+1;;. The minimum atomic E-state index is 0.431. The van der Waals surface area contributed by atoms with Crippen LogP contribution in [0.5, 0.6) is 0 Å². The first-order valence-electron chi connectivity index (χ1n) is 16.3. The van der Waals surface area contributed by atoms with Gasteiger partial charge in [-0.1, -0.05) is 127 Å². The second-order valence-corrected chi connectivity index (χ2v) is 12.4. The Bertz CT molecular complexity index is 1800. The summed E-state index contributed by atoms with van der Waals surface area (Å²) in [4.78, 5) is 4.25. The SMILES string of the molecule is CC(C)c1cc(-c2ccccc2)cc(C(C)C)c1-n1cc[n+]2c1-c1ccccc1C2.CCC.Cn1ccnc1-c1ccccc1. The quantitative estimate of drug-likeness (QED) is 0.182. The summed E-state index contributed by atoms with van der Waals surface area (Å²) in [7, 11) is 2.00. The van der Waals surface area contributed by atoms with Crippen molar-refractivity contribution in [2.75, 3.05) is 0 Å². The van der Waals surface area contributed by atoms with Gasteiger partial charge in [0.25, 0.3) is 5.82 Å². The molecule has 3 heterocycles. The molecule has 4 nitrogen and oxygen atoms in total. The first-order chi connectivity index (χ1) is 21.8. The summed E-state index contributed by atoms with van der Waals surface area (Å²) in [6.45, 7) is 14.4. The van der Waals surface area contributed by atoms with Gasteiger partial charge in [0.15, 0.2) is 0 Å². The zero-order valence-electron chi connectivity index (χ0n) is 27.9. The minimum Gasteiger partial charge on any atom is -0.334 e. The van der Waals surface area contributed by atoms with Crippen LogP contribution in [-0.2, 0) is 13.6 Å². The van der Waals surface area contributed by atoms with E-state index in [1.165, 1.54) is 51.3 Å². The predicted octanol–water partition coefficient (Wildman–Crippen LogP) is 10.2. The second kappa shape index (κ2) is 14.4. The number of aryl methyl sites for hydroxylation is 1. The van der Waals surface area contributed by atoms with Crippen LogP contribution in [0.2, 0.25) is 0 Å². The summed E-state index contributed by atoms with van der Waals surface area (Å²) in [5.41, 5.74) is 10.7. The molecule has 7 rings (SSSR count). The van der Waals surface area contributed by atoms with Crippen molar-refractivity contribution < 1.29 is 4.57 Å². The monoisotopic (exact) mass is 595 g/mol. The lowest BCUT2D eigenvalue weighted by molar-refractivity contribution is -0.671. The van der Waals surface area contributed by atoms with Crippen molar-refractivity contribution in [3.05, 3.63) is 139 Å². The highest BCUT2D eigenvalue weighted by atomic mass is 15.2. The molecule has 4 heteroatoms. The van der Waals surface area contributed by atoms with Crippen LogP contribution in [-0.4, -0.2) is 14.1 Å². The van der Waals surface area contributed by atoms with Crippen LogP contribution in [0.25, 0.3) is 39.6 Å². The molecule has 230 valence electrons. The second-order valence-electron chi connectivity index (χ2n) is 12.4. The fourth-order valence-electron chi connectivity index (χ4n) is 5.95. The number of hydrogen-bond acceptors (Lipinski definition) is 1. The molecule has 0 radical (unpaired) electrons. The third-order valence-electron chi connectivity index (χ3n) is 8.11. The number of nitrogens with zero attached hydrogens (tertiary/aromatic N) is 4. The fourth-order valence-corrected chi connectivity index (χ4v) is 5.95. The number of fused-ring (bicyclic) bond motifs is 3. The van der Waals surface area contributed by atoms with E-state index in [0.717, 1.165) is 17.9 Å². The third kappa shape index (κ3) is 6.86. The molecule has 45 heavy (non-hydrogen) atoms. The first-order valence-corrected chi connectivity index (χ1v) is 16.3. The molecule has 0 bridgehead atoms. The molecule has 0 saturated heterocycles. The van der Waals surface area contributed by atoms with Gasteiger partial charge in [-0.3, -0.25) is 0 Å². The minimum absolute atomic E-state index is 0.431. The Morgan fingerprint density at radius 3 is 1.82 bits per heavy atom. The van der Waals surface area contributed by atoms with Gasteiger partial charge in [-0.25, -0.2) is 9.55 Å². The molecule has 0 amide bonds. The van der Waals surface area contributed by atoms with Crippen molar-refractivity contribution in [2.45, 2.75) is 66.3 Å². The molecule has 4 aromatic carbocycles. The van der Waals surface area contributed by atoms with Crippen LogP contribution in [0.1, 0.15) is 76.5 Å². The van der Waals surface area contributed by atoms with Gasteiger partial charge >= 0.3 is 0 Å². The molecule has 0 saturated carbocycles. The lowest BCUT2D eigenvalue weighted by Gasteiger charge is -2.20. The van der Waals surface area contributed by atoms with E-state index in [9.17, 15) is 0 Å². The van der Waals surface area contributed by atoms with Crippen LogP contribution in [0.15, 0.2) is 122 Å². The fraction of sp³-hybridized carbons (Fsp3) is 0.268. The molecule has 0 spiro atoms. The van der Waals surface area contributed by atoms with Crippen molar-refractivity contribution in [2.24, 2.45) is 7.05 Å². The molecule has 6 aromatic rings. The maximum absolute atomic E-state index is 4.25.